The maximum atomic E-state index is 5.56. The van der Waals surface area contributed by atoms with Gasteiger partial charge in [-0.1, -0.05) is 6.42 Å². The van der Waals surface area contributed by atoms with Crippen molar-refractivity contribution in [2.24, 2.45) is 11.7 Å². The molecule has 3 N–H and O–H groups in total. The van der Waals surface area contributed by atoms with Crippen LogP contribution in [0, 0.1) is 5.92 Å². The minimum Gasteiger partial charge on any atom is -0.368 e. The second-order valence-electron chi connectivity index (χ2n) is 4.64. The number of anilines is 1. The van der Waals surface area contributed by atoms with E-state index in [9.17, 15) is 0 Å². The van der Waals surface area contributed by atoms with Gasteiger partial charge in [0.25, 0.3) is 0 Å². The SMILES string of the molecule is NCc1cn2nc(NCC3CCC3)ccc2n1. The summed E-state index contributed by atoms with van der Waals surface area (Å²) < 4.78 is 1.78. The summed E-state index contributed by atoms with van der Waals surface area (Å²) in [5.74, 6) is 1.74. The Hall–Kier alpha value is -1.62. The molecule has 1 aliphatic carbocycles. The van der Waals surface area contributed by atoms with Gasteiger partial charge >= 0.3 is 0 Å². The molecule has 0 atom stereocenters. The predicted molar refractivity (Wildman–Crippen MR) is 66.7 cm³/mol. The molecule has 5 heteroatoms. The summed E-state index contributed by atoms with van der Waals surface area (Å²) >= 11 is 0. The highest BCUT2D eigenvalue weighted by Crippen LogP contribution is 2.26. The Morgan fingerprint density at radius 3 is 3.00 bits per heavy atom. The molecule has 90 valence electrons. The zero-order valence-electron chi connectivity index (χ0n) is 9.76. The van der Waals surface area contributed by atoms with Crippen LogP contribution in [0.1, 0.15) is 25.0 Å². The smallest absolute Gasteiger partial charge is 0.153 e. The third kappa shape index (κ3) is 2.10. The number of nitrogens with one attached hydrogen (secondary N) is 1. The first kappa shape index (κ1) is 10.5. The second-order valence-corrected chi connectivity index (χ2v) is 4.64. The molecule has 0 aliphatic heterocycles. The molecule has 2 heterocycles. The maximum absolute atomic E-state index is 5.56. The van der Waals surface area contributed by atoms with E-state index in [1.165, 1.54) is 19.3 Å². The van der Waals surface area contributed by atoms with Gasteiger partial charge in [0.15, 0.2) is 5.65 Å². The zero-order chi connectivity index (χ0) is 11.7. The molecule has 0 radical (unpaired) electrons. The van der Waals surface area contributed by atoms with Crippen LogP contribution in [0.25, 0.3) is 5.65 Å². The topological polar surface area (TPSA) is 68.2 Å². The maximum Gasteiger partial charge on any atom is 0.153 e. The Morgan fingerprint density at radius 2 is 2.29 bits per heavy atom. The molecule has 0 aromatic carbocycles. The second kappa shape index (κ2) is 4.33. The van der Waals surface area contributed by atoms with Gasteiger partial charge in [-0.2, -0.15) is 0 Å². The van der Waals surface area contributed by atoms with Crippen molar-refractivity contribution in [1.29, 1.82) is 0 Å². The zero-order valence-corrected chi connectivity index (χ0v) is 9.76. The monoisotopic (exact) mass is 231 g/mol. The molecular formula is C12H17N5. The van der Waals surface area contributed by atoms with Gasteiger partial charge in [-0.3, -0.25) is 0 Å². The molecule has 0 spiro atoms. The summed E-state index contributed by atoms with van der Waals surface area (Å²) in [5, 5.41) is 7.84. The normalized spacial score (nSPS) is 16.1. The van der Waals surface area contributed by atoms with E-state index in [1.54, 1.807) is 4.52 Å². The van der Waals surface area contributed by atoms with Crippen LogP contribution in [0.2, 0.25) is 0 Å². The standard InChI is InChI=1S/C12H17N5/c13-6-10-8-17-12(15-10)5-4-11(16-17)14-7-9-2-1-3-9/h4-5,8-9H,1-3,6-7,13H2,(H,14,16). The van der Waals surface area contributed by atoms with E-state index >= 15 is 0 Å². The Labute approximate surface area is 100 Å². The first-order chi connectivity index (χ1) is 8.35. The van der Waals surface area contributed by atoms with Crippen LogP contribution in [-0.4, -0.2) is 21.1 Å². The molecule has 5 nitrogen and oxygen atoms in total. The Kier molecular flexibility index (Phi) is 2.68. The van der Waals surface area contributed by atoms with Gasteiger partial charge in [0.1, 0.15) is 5.82 Å². The van der Waals surface area contributed by atoms with E-state index in [2.05, 4.69) is 15.4 Å². The summed E-state index contributed by atoms with van der Waals surface area (Å²) in [4.78, 5) is 4.34. The van der Waals surface area contributed by atoms with Crippen molar-refractivity contribution in [3.8, 4) is 0 Å². The lowest BCUT2D eigenvalue weighted by molar-refractivity contribution is 0.333. The molecule has 0 unspecified atom stereocenters. The number of fused-ring (bicyclic) bond motifs is 1. The van der Waals surface area contributed by atoms with Crippen LogP contribution >= 0.6 is 0 Å². The quantitative estimate of drug-likeness (QED) is 0.834. The molecule has 0 bridgehead atoms. The molecule has 3 rings (SSSR count). The number of nitrogens with two attached hydrogens (primary N) is 1. The number of hydrogen-bond donors (Lipinski definition) is 2. The molecule has 2 aromatic rings. The molecule has 1 fully saturated rings. The van der Waals surface area contributed by atoms with Crippen LogP contribution < -0.4 is 11.1 Å². The van der Waals surface area contributed by atoms with Crippen LogP contribution in [0.5, 0.6) is 0 Å². The minimum atomic E-state index is 0.453. The van der Waals surface area contributed by atoms with Crippen LogP contribution in [-0.2, 0) is 6.54 Å². The first-order valence-corrected chi connectivity index (χ1v) is 6.14. The van der Waals surface area contributed by atoms with Gasteiger partial charge in [-0.15, -0.1) is 5.10 Å². The molecule has 1 saturated carbocycles. The van der Waals surface area contributed by atoms with E-state index in [0.29, 0.717) is 6.54 Å². The van der Waals surface area contributed by atoms with E-state index in [1.807, 2.05) is 18.3 Å². The first-order valence-electron chi connectivity index (χ1n) is 6.14. The lowest BCUT2D eigenvalue weighted by Gasteiger charge is -2.25. The van der Waals surface area contributed by atoms with E-state index < -0.39 is 0 Å². The molecule has 2 aromatic heterocycles. The third-order valence-corrected chi connectivity index (χ3v) is 3.38. The molecule has 0 amide bonds. The largest absolute Gasteiger partial charge is 0.368 e. The number of hydrogen-bond acceptors (Lipinski definition) is 4. The third-order valence-electron chi connectivity index (χ3n) is 3.38. The average Bonchev–Trinajstić information content (AvgIpc) is 2.69. The van der Waals surface area contributed by atoms with Gasteiger partial charge in [-0.25, -0.2) is 9.50 Å². The fourth-order valence-corrected chi connectivity index (χ4v) is 2.07. The number of aromatic nitrogens is 3. The van der Waals surface area contributed by atoms with Crippen molar-refractivity contribution in [3.05, 3.63) is 24.0 Å². The van der Waals surface area contributed by atoms with Gasteiger partial charge in [0.2, 0.25) is 0 Å². The van der Waals surface area contributed by atoms with Crippen molar-refractivity contribution in [2.75, 3.05) is 11.9 Å². The predicted octanol–water partition coefficient (Wildman–Crippen LogP) is 1.40. The van der Waals surface area contributed by atoms with E-state index in [-0.39, 0.29) is 0 Å². The van der Waals surface area contributed by atoms with Gasteiger partial charge < -0.3 is 11.1 Å². The van der Waals surface area contributed by atoms with Crippen molar-refractivity contribution >= 4 is 11.5 Å². The Morgan fingerprint density at radius 1 is 1.41 bits per heavy atom. The fourth-order valence-electron chi connectivity index (χ4n) is 2.07. The van der Waals surface area contributed by atoms with Gasteiger partial charge in [0, 0.05) is 13.1 Å². The van der Waals surface area contributed by atoms with Crippen molar-refractivity contribution in [2.45, 2.75) is 25.8 Å². The van der Waals surface area contributed by atoms with Crippen molar-refractivity contribution < 1.29 is 0 Å². The summed E-state index contributed by atoms with van der Waals surface area (Å²) in [6, 6.07) is 3.94. The van der Waals surface area contributed by atoms with Gasteiger partial charge in [-0.05, 0) is 30.9 Å². The lowest BCUT2D eigenvalue weighted by atomic mass is 9.85. The fraction of sp³-hybridized carbons (Fsp3) is 0.500. The number of imidazole rings is 1. The average molecular weight is 231 g/mol. The van der Waals surface area contributed by atoms with E-state index in [0.717, 1.165) is 29.6 Å². The number of rotatable bonds is 4. The molecule has 1 aliphatic rings. The lowest BCUT2D eigenvalue weighted by Crippen LogP contribution is -2.21. The van der Waals surface area contributed by atoms with Crippen molar-refractivity contribution in [1.82, 2.24) is 14.6 Å². The highest BCUT2D eigenvalue weighted by molar-refractivity contribution is 5.45. The van der Waals surface area contributed by atoms with Crippen LogP contribution in [0.4, 0.5) is 5.82 Å². The summed E-state index contributed by atoms with van der Waals surface area (Å²) in [5.41, 5.74) is 7.27. The highest BCUT2D eigenvalue weighted by atomic mass is 15.3. The molecule has 0 saturated heterocycles. The van der Waals surface area contributed by atoms with Crippen molar-refractivity contribution in [3.63, 3.8) is 0 Å². The highest BCUT2D eigenvalue weighted by Gasteiger charge is 2.16. The van der Waals surface area contributed by atoms with Crippen LogP contribution in [0.3, 0.4) is 0 Å². The minimum absolute atomic E-state index is 0.453. The summed E-state index contributed by atoms with van der Waals surface area (Å²) in [6.07, 6.45) is 5.94. The molecule has 17 heavy (non-hydrogen) atoms. The molecular weight excluding hydrogens is 214 g/mol. The van der Waals surface area contributed by atoms with Crippen LogP contribution in [0.15, 0.2) is 18.3 Å². The summed E-state index contributed by atoms with van der Waals surface area (Å²) in [6.45, 7) is 1.48. The Balaban J connectivity index is 1.75. The van der Waals surface area contributed by atoms with E-state index in [4.69, 9.17) is 5.73 Å². The summed E-state index contributed by atoms with van der Waals surface area (Å²) in [7, 11) is 0. The Bertz CT molecular complexity index is 515. The van der Waals surface area contributed by atoms with Gasteiger partial charge in [0.05, 0.1) is 11.9 Å². The number of nitrogens with zero attached hydrogens (tertiary/aromatic N) is 3.